The summed E-state index contributed by atoms with van der Waals surface area (Å²) in [5.41, 5.74) is 3.28. The summed E-state index contributed by atoms with van der Waals surface area (Å²) in [5, 5.41) is 11.8. The number of carbonyl (C=O) groups excluding carboxylic acids is 2. The van der Waals surface area contributed by atoms with E-state index in [0.29, 0.717) is 13.1 Å². The number of nitrogens with one attached hydrogen (secondary N) is 3. The molecule has 4 atom stereocenters. The van der Waals surface area contributed by atoms with Gasteiger partial charge in [-0.05, 0) is 41.0 Å². The zero-order chi connectivity index (χ0) is 21.9. The van der Waals surface area contributed by atoms with Gasteiger partial charge in [0.1, 0.15) is 11.5 Å². The summed E-state index contributed by atoms with van der Waals surface area (Å²) in [6, 6.07) is 14.0. The molecule has 1 aromatic heterocycles. The van der Waals surface area contributed by atoms with E-state index in [-0.39, 0.29) is 35.3 Å². The Kier molecular flexibility index (Phi) is 6.25. The molecule has 2 amide bonds. The van der Waals surface area contributed by atoms with E-state index < -0.39 is 0 Å². The molecule has 0 bridgehead atoms. The Bertz CT molecular complexity index is 1000. The van der Waals surface area contributed by atoms with Crippen molar-refractivity contribution in [1.29, 1.82) is 0 Å². The highest BCUT2D eigenvalue weighted by molar-refractivity contribution is 8.04. The summed E-state index contributed by atoms with van der Waals surface area (Å²) in [6.07, 6.45) is 4.99. The van der Waals surface area contributed by atoms with Crippen molar-refractivity contribution in [3.63, 3.8) is 0 Å². The van der Waals surface area contributed by atoms with Gasteiger partial charge in [-0.2, -0.15) is 0 Å². The van der Waals surface area contributed by atoms with Crippen molar-refractivity contribution in [2.45, 2.75) is 37.0 Å². The maximum Gasteiger partial charge on any atom is 0.237 e. The van der Waals surface area contributed by atoms with Gasteiger partial charge in [0.25, 0.3) is 0 Å². The highest BCUT2D eigenvalue weighted by Gasteiger charge is 2.44. The second-order valence-corrected chi connectivity index (χ2v) is 9.48. The Morgan fingerprint density at radius 2 is 2.09 bits per heavy atom. The van der Waals surface area contributed by atoms with E-state index in [2.05, 4.69) is 43.4 Å². The summed E-state index contributed by atoms with van der Waals surface area (Å²) in [6.45, 7) is 1.94. The lowest BCUT2D eigenvalue weighted by Gasteiger charge is -2.43. The molecule has 8 heteroatoms. The number of rotatable bonds is 5. The van der Waals surface area contributed by atoms with Crippen molar-refractivity contribution in [3.05, 3.63) is 71.4 Å². The molecule has 0 saturated carbocycles. The number of likely N-dealkylation sites (tertiary alicyclic amines) is 1. The van der Waals surface area contributed by atoms with Crippen LogP contribution in [0.15, 0.2) is 60.3 Å². The number of thioether (sulfide) groups is 1. The fourth-order valence-electron chi connectivity index (χ4n) is 4.65. The number of hydrogen-bond donors (Lipinski definition) is 3. The highest BCUT2D eigenvalue weighted by atomic mass is 32.2. The number of fused-ring (bicyclic) bond motifs is 1. The molecule has 7 nitrogen and oxygen atoms in total. The van der Waals surface area contributed by atoms with Crippen LogP contribution in [0.1, 0.15) is 24.0 Å². The summed E-state index contributed by atoms with van der Waals surface area (Å²) >= 11 is 1.57. The largest absolute Gasteiger partial charge is 0.352 e. The molecule has 4 heterocycles. The first-order valence-corrected chi connectivity index (χ1v) is 12.0. The fourth-order valence-corrected chi connectivity index (χ4v) is 5.80. The molecule has 32 heavy (non-hydrogen) atoms. The topological polar surface area (TPSA) is 86.4 Å². The van der Waals surface area contributed by atoms with Crippen LogP contribution in [0.25, 0.3) is 5.57 Å². The van der Waals surface area contributed by atoms with E-state index >= 15 is 0 Å². The minimum Gasteiger partial charge on any atom is -0.352 e. The first kappa shape index (κ1) is 21.2. The predicted octanol–water partition coefficient (Wildman–Crippen LogP) is 1.94. The number of nitrogens with zero attached hydrogens (tertiary/aromatic N) is 2. The zero-order valence-corrected chi connectivity index (χ0v) is 18.6. The van der Waals surface area contributed by atoms with E-state index in [1.54, 1.807) is 24.2 Å². The van der Waals surface area contributed by atoms with Crippen LogP contribution in [-0.4, -0.2) is 52.4 Å². The molecule has 2 saturated heterocycles. The van der Waals surface area contributed by atoms with Gasteiger partial charge in [0.05, 0.1) is 12.0 Å². The molecule has 2 fully saturated rings. The molecule has 2 aromatic rings. The lowest BCUT2D eigenvalue weighted by molar-refractivity contribution is -0.129. The van der Waals surface area contributed by atoms with Crippen molar-refractivity contribution in [2.75, 3.05) is 13.1 Å². The third kappa shape index (κ3) is 4.44. The molecule has 0 aliphatic carbocycles. The van der Waals surface area contributed by atoms with E-state index in [9.17, 15) is 9.59 Å². The van der Waals surface area contributed by atoms with Crippen LogP contribution in [0.5, 0.6) is 0 Å². The van der Waals surface area contributed by atoms with Gasteiger partial charge in [0.15, 0.2) is 0 Å². The van der Waals surface area contributed by atoms with Gasteiger partial charge < -0.3 is 10.6 Å². The third-order valence-corrected chi connectivity index (χ3v) is 7.51. The van der Waals surface area contributed by atoms with Gasteiger partial charge in [-0.15, -0.1) is 11.8 Å². The van der Waals surface area contributed by atoms with Crippen LogP contribution in [0.4, 0.5) is 0 Å². The zero-order valence-electron chi connectivity index (χ0n) is 17.7. The molecule has 166 valence electrons. The maximum absolute atomic E-state index is 12.9. The quantitative estimate of drug-likeness (QED) is 0.647. The second-order valence-electron chi connectivity index (χ2n) is 8.46. The van der Waals surface area contributed by atoms with Crippen LogP contribution in [0.2, 0.25) is 0 Å². The normalized spacial score (nSPS) is 27.9. The molecule has 1 aromatic carbocycles. The summed E-state index contributed by atoms with van der Waals surface area (Å²) in [7, 11) is 0. The summed E-state index contributed by atoms with van der Waals surface area (Å²) in [5.74, 6) is 0.00729. The Morgan fingerprint density at radius 3 is 2.91 bits per heavy atom. The molecule has 3 aliphatic rings. The molecular weight excluding hydrogens is 422 g/mol. The Hall–Kier alpha value is -2.68. The number of pyridine rings is 1. The van der Waals surface area contributed by atoms with Crippen molar-refractivity contribution in [2.24, 2.45) is 5.92 Å². The molecule has 3 aliphatic heterocycles. The van der Waals surface area contributed by atoms with Crippen LogP contribution in [0, 0.1) is 5.92 Å². The van der Waals surface area contributed by atoms with E-state index in [4.69, 9.17) is 0 Å². The summed E-state index contributed by atoms with van der Waals surface area (Å²) in [4.78, 5) is 32.0. The predicted molar refractivity (Wildman–Crippen MR) is 125 cm³/mol. The first-order valence-electron chi connectivity index (χ1n) is 11.1. The lowest BCUT2D eigenvalue weighted by Crippen LogP contribution is -2.69. The van der Waals surface area contributed by atoms with Crippen molar-refractivity contribution < 1.29 is 9.59 Å². The van der Waals surface area contributed by atoms with Gasteiger partial charge in [-0.1, -0.05) is 36.4 Å². The standard InChI is InChI=1S/C24H27N5O2S/c30-22(26-13-16-6-4-10-25-12-16)18-9-5-11-29(14-18)24-27-20-19(17-7-2-1-3-8-17)15-32-21(20)23(31)28-24/h1-4,6-8,10,12,15,18,20-21,24,27H,5,9,11,13-14H2,(H,26,30)(H,28,31). The maximum atomic E-state index is 12.9. The molecule has 5 rings (SSSR count). The molecule has 0 radical (unpaired) electrons. The van der Waals surface area contributed by atoms with Crippen LogP contribution in [0.3, 0.4) is 0 Å². The average molecular weight is 450 g/mol. The first-order chi connectivity index (χ1) is 15.7. The minimum atomic E-state index is -0.275. The van der Waals surface area contributed by atoms with Gasteiger partial charge >= 0.3 is 0 Å². The smallest absolute Gasteiger partial charge is 0.237 e. The van der Waals surface area contributed by atoms with Crippen LogP contribution >= 0.6 is 11.8 Å². The highest BCUT2D eigenvalue weighted by Crippen LogP contribution is 2.38. The van der Waals surface area contributed by atoms with Crippen molar-refractivity contribution in [3.8, 4) is 0 Å². The monoisotopic (exact) mass is 449 g/mol. The molecular formula is C24H27N5O2S. The SMILES string of the molecule is O=C(NCc1cccnc1)C1CCCN(C2NC(=O)C3SC=C(c4ccccc4)C3N2)C1. The Labute approximate surface area is 192 Å². The third-order valence-electron chi connectivity index (χ3n) is 6.34. The molecule has 3 N–H and O–H groups in total. The second kappa shape index (κ2) is 9.44. The number of aromatic nitrogens is 1. The number of piperidine rings is 1. The van der Waals surface area contributed by atoms with Gasteiger partial charge in [-0.3, -0.25) is 24.8 Å². The van der Waals surface area contributed by atoms with Crippen molar-refractivity contribution in [1.82, 2.24) is 25.8 Å². The van der Waals surface area contributed by atoms with Gasteiger partial charge in [0, 0.05) is 32.0 Å². The number of carbonyl (C=O) groups is 2. The number of hydrogen-bond acceptors (Lipinski definition) is 6. The fraction of sp³-hybridized carbons (Fsp3) is 0.375. The Balaban J connectivity index is 1.23. The van der Waals surface area contributed by atoms with Crippen molar-refractivity contribution >= 4 is 29.1 Å². The van der Waals surface area contributed by atoms with Crippen LogP contribution in [-0.2, 0) is 16.1 Å². The minimum absolute atomic E-state index is 0.0408. The van der Waals surface area contributed by atoms with Gasteiger partial charge in [-0.25, -0.2) is 0 Å². The average Bonchev–Trinajstić information content (AvgIpc) is 3.28. The van der Waals surface area contributed by atoms with Gasteiger partial charge in [0.2, 0.25) is 11.8 Å². The molecule has 4 unspecified atom stereocenters. The molecule has 0 spiro atoms. The van der Waals surface area contributed by atoms with E-state index in [1.165, 1.54) is 0 Å². The Morgan fingerprint density at radius 1 is 1.22 bits per heavy atom. The van der Waals surface area contributed by atoms with E-state index in [1.807, 2.05) is 30.3 Å². The van der Waals surface area contributed by atoms with Crippen LogP contribution < -0.4 is 16.0 Å². The number of amides is 2. The number of benzene rings is 1. The van der Waals surface area contributed by atoms with E-state index in [0.717, 1.165) is 36.1 Å². The lowest BCUT2D eigenvalue weighted by atomic mass is 9.94. The summed E-state index contributed by atoms with van der Waals surface area (Å²) < 4.78 is 0.